The minimum atomic E-state index is -0.0877. The van der Waals surface area contributed by atoms with Crippen LogP contribution in [-0.4, -0.2) is 49.2 Å². The molecule has 0 aromatic heterocycles. The van der Waals surface area contributed by atoms with Gasteiger partial charge in [0.25, 0.3) is 0 Å². The summed E-state index contributed by atoms with van der Waals surface area (Å²) in [5.41, 5.74) is 1.34. The van der Waals surface area contributed by atoms with Crippen molar-refractivity contribution in [1.82, 2.24) is 10.2 Å². The Kier molecular flexibility index (Phi) is 7.56. The molecule has 128 valence electrons. The molecule has 1 N–H and O–H groups in total. The number of esters is 1. The van der Waals surface area contributed by atoms with Crippen LogP contribution in [0.5, 0.6) is 0 Å². The Morgan fingerprint density at radius 1 is 1.35 bits per heavy atom. The number of unbranched alkanes of at least 4 members (excludes halogenated alkanes) is 1. The largest absolute Gasteiger partial charge is 0.465 e. The average Bonchev–Trinajstić information content (AvgIpc) is 2.57. The van der Waals surface area contributed by atoms with Crippen LogP contribution in [0.25, 0.3) is 0 Å². The number of nitrogens with one attached hydrogen (secondary N) is 1. The number of benzene rings is 1. The lowest BCUT2D eigenvalue weighted by Gasteiger charge is -2.38. The summed E-state index contributed by atoms with van der Waals surface area (Å²) in [6.45, 7) is 7.25. The Morgan fingerprint density at radius 2 is 2.13 bits per heavy atom. The molecule has 23 heavy (non-hydrogen) atoms. The van der Waals surface area contributed by atoms with E-state index in [2.05, 4.69) is 41.4 Å². The van der Waals surface area contributed by atoms with Gasteiger partial charge in [-0.25, -0.2) is 0 Å². The van der Waals surface area contributed by atoms with Crippen molar-refractivity contribution < 1.29 is 9.53 Å². The van der Waals surface area contributed by atoms with Gasteiger partial charge in [-0.1, -0.05) is 50.1 Å². The Morgan fingerprint density at radius 3 is 2.83 bits per heavy atom. The number of rotatable bonds is 8. The first-order chi connectivity index (χ1) is 11.2. The van der Waals surface area contributed by atoms with Crippen LogP contribution in [0.3, 0.4) is 0 Å². The van der Waals surface area contributed by atoms with Gasteiger partial charge < -0.3 is 10.1 Å². The maximum absolute atomic E-state index is 12.3. The second-order valence-corrected chi connectivity index (χ2v) is 6.25. The summed E-state index contributed by atoms with van der Waals surface area (Å²) in [5, 5.41) is 3.59. The van der Waals surface area contributed by atoms with Crippen molar-refractivity contribution in [2.75, 3.05) is 26.2 Å². The summed E-state index contributed by atoms with van der Waals surface area (Å²) in [5.74, 6) is -0.0543. The number of piperazine rings is 1. The smallest absolute Gasteiger partial charge is 0.323 e. The first-order valence-electron chi connectivity index (χ1n) is 8.92. The van der Waals surface area contributed by atoms with Gasteiger partial charge in [-0.15, -0.1) is 0 Å². The fourth-order valence-corrected chi connectivity index (χ4v) is 3.26. The number of hydrogen-bond acceptors (Lipinski definition) is 4. The third-order valence-corrected chi connectivity index (χ3v) is 4.44. The molecular weight excluding hydrogens is 288 g/mol. The van der Waals surface area contributed by atoms with Gasteiger partial charge in [-0.2, -0.15) is 0 Å². The maximum Gasteiger partial charge on any atom is 0.323 e. The van der Waals surface area contributed by atoms with Crippen molar-refractivity contribution >= 4 is 5.97 Å². The molecule has 2 unspecified atom stereocenters. The second kappa shape index (κ2) is 9.68. The molecule has 0 bridgehead atoms. The van der Waals surface area contributed by atoms with E-state index in [1.54, 1.807) is 0 Å². The maximum atomic E-state index is 12.3. The highest BCUT2D eigenvalue weighted by atomic mass is 16.5. The molecule has 1 aliphatic rings. The average molecular weight is 318 g/mol. The first kappa shape index (κ1) is 18.0. The summed E-state index contributed by atoms with van der Waals surface area (Å²) in [4.78, 5) is 14.6. The lowest BCUT2D eigenvalue weighted by molar-refractivity contribution is -0.150. The van der Waals surface area contributed by atoms with Gasteiger partial charge in [0, 0.05) is 25.7 Å². The molecule has 1 saturated heterocycles. The van der Waals surface area contributed by atoms with Crippen LogP contribution in [-0.2, 0) is 16.0 Å². The van der Waals surface area contributed by atoms with Gasteiger partial charge in [0.2, 0.25) is 0 Å². The van der Waals surface area contributed by atoms with E-state index in [1.807, 2.05) is 13.0 Å². The van der Waals surface area contributed by atoms with E-state index in [9.17, 15) is 4.79 Å². The molecule has 4 heteroatoms. The van der Waals surface area contributed by atoms with E-state index in [4.69, 9.17) is 4.74 Å². The van der Waals surface area contributed by atoms with Crippen molar-refractivity contribution in [1.29, 1.82) is 0 Å². The molecule has 2 atom stereocenters. The normalized spacial score (nSPS) is 20.2. The monoisotopic (exact) mass is 318 g/mol. The number of carbonyl (C=O) groups excluding carboxylic acids is 1. The quantitative estimate of drug-likeness (QED) is 0.748. The number of nitrogens with zero attached hydrogens (tertiary/aromatic N) is 1. The van der Waals surface area contributed by atoms with Crippen LogP contribution >= 0.6 is 0 Å². The van der Waals surface area contributed by atoms with Crippen LogP contribution in [0, 0.1) is 0 Å². The van der Waals surface area contributed by atoms with Crippen molar-refractivity contribution in [3.05, 3.63) is 35.9 Å². The molecule has 1 aromatic carbocycles. The summed E-state index contributed by atoms with van der Waals surface area (Å²) < 4.78 is 5.31. The minimum absolute atomic E-state index is 0.0543. The van der Waals surface area contributed by atoms with E-state index in [-0.39, 0.29) is 12.0 Å². The fraction of sp³-hybridized carbons (Fsp3) is 0.632. The van der Waals surface area contributed by atoms with Gasteiger partial charge in [-0.05, 0) is 25.3 Å². The third kappa shape index (κ3) is 5.63. The first-order valence-corrected chi connectivity index (χ1v) is 8.92. The van der Waals surface area contributed by atoms with Crippen molar-refractivity contribution in [2.45, 2.75) is 51.6 Å². The van der Waals surface area contributed by atoms with Gasteiger partial charge in [0.1, 0.15) is 6.04 Å². The van der Waals surface area contributed by atoms with Gasteiger partial charge in [0.15, 0.2) is 0 Å². The zero-order chi connectivity index (χ0) is 16.5. The Hall–Kier alpha value is -1.39. The third-order valence-electron chi connectivity index (χ3n) is 4.44. The van der Waals surface area contributed by atoms with E-state index in [1.165, 1.54) is 5.56 Å². The highest BCUT2D eigenvalue weighted by molar-refractivity contribution is 5.75. The Labute approximate surface area is 140 Å². The zero-order valence-electron chi connectivity index (χ0n) is 14.5. The van der Waals surface area contributed by atoms with Crippen LogP contribution in [0.1, 0.15) is 38.7 Å². The molecule has 0 aliphatic carbocycles. The number of hydrogen-bond donors (Lipinski definition) is 1. The molecule has 1 heterocycles. The minimum Gasteiger partial charge on any atom is -0.465 e. The second-order valence-electron chi connectivity index (χ2n) is 6.25. The molecule has 0 saturated carbocycles. The highest BCUT2D eigenvalue weighted by Crippen LogP contribution is 2.15. The molecule has 1 fully saturated rings. The predicted octanol–water partition coefficient (Wildman–Crippen LogP) is 2.62. The highest BCUT2D eigenvalue weighted by Gasteiger charge is 2.30. The molecule has 4 nitrogen and oxygen atoms in total. The molecule has 1 aliphatic heterocycles. The molecule has 0 radical (unpaired) electrons. The predicted molar refractivity (Wildman–Crippen MR) is 93.5 cm³/mol. The van der Waals surface area contributed by atoms with E-state index >= 15 is 0 Å². The fourth-order valence-electron chi connectivity index (χ4n) is 3.26. The Balaban J connectivity index is 1.97. The molecule has 0 spiro atoms. The van der Waals surface area contributed by atoms with Crippen LogP contribution in [0.2, 0.25) is 0 Å². The van der Waals surface area contributed by atoms with Gasteiger partial charge in [-0.3, -0.25) is 9.69 Å². The molecule has 1 aromatic rings. The lowest BCUT2D eigenvalue weighted by atomic mass is 10.0. The summed E-state index contributed by atoms with van der Waals surface area (Å²) >= 11 is 0. The van der Waals surface area contributed by atoms with E-state index in [0.717, 1.165) is 45.3 Å². The van der Waals surface area contributed by atoms with Crippen molar-refractivity contribution in [3.8, 4) is 0 Å². The van der Waals surface area contributed by atoms with Crippen LogP contribution in [0.15, 0.2) is 30.3 Å². The molecular formula is C19H30N2O2. The SMILES string of the molecule is CCCCC(C(=O)OCC)N1CCNC(Cc2ccccc2)C1. The zero-order valence-corrected chi connectivity index (χ0v) is 14.5. The topological polar surface area (TPSA) is 41.6 Å². The summed E-state index contributed by atoms with van der Waals surface area (Å²) in [7, 11) is 0. The van der Waals surface area contributed by atoms with Crippen LogP contribution in [0.4, 0.5) is 0 Å². The number of ether oxygens (including phenoxy) is 1. The van der Waals surface area contributed by atoms with Gasteiger partial charge >= 0.3 is 5.97 Å². The summed E-state index contributed by atoms with van der Waals surface area (Å²) in [6.07, 6.45) is 4.07. The molecule has 2 rings (SSSR count). The summed E-state index contributed by atoms with van der Waals surface area (Å²) in [6, 6.07) is 10.9. The van der Waals surface area contributed by atoms with Crippen LogP contribution < -0.4 is 5.32 Å². The van der Waals surface area contributed by atoms with Gasteiger partial charge in [0.05, 0.1) is 6.61 Å². The standard InChI is InChI=1S/C19H30N2O2/c1-3-5-11-18(19(22)23-4-2)21-13-12-20-17(15-21)14-16-9-7-6-8-10-16/h6-10,17-18,20H,3-5,11-15H2,1-2H3. The molecule has 0 amide bonds. The van der Waals surface area contributed by atoms with Crippen molar-refractivity contribution in [2.24, 2.45) is 0 Å². The number of carbonyl (C=O) groups is 1. The van der Waals surface area contributed by atoms with Crippen molar-refractivity contribution in [3.63, 3.8) is 0 Å². The van der Waals surface area contributed by atoms with E-state index < -0.39 is 0 Å². The van der Waals surface area contributed by atoms with E-state index in [0.29, 0.717) is 12.6 Å². The lowest BCUT2D eigenvalue weighted by Crippen LogP contribution is -2.56. The Bertz CT molecular complexity index is 464.